The van der Waals surface area contributed by atoms with Gasteiger partial charge in [-0.05, 0) is 44.3 Å². The van der Waals surface area contributed by atoms with E-state index in [0.29, 0.717) is 18.7 Å². The molecule has 1 fully saturated rings. The third-order valence-corrected chi connectivity index (χ3v) is 7.42. The van der Waals surface area contributed by atoms with Crippen molar-refractivity contribution in [2.75, 3.05) is 5.75 Å². The minimum atomic E-state index is -0.506. The molecule has 0 spiro atoms. The number of hydrogen-bond donors (Lipinski definition) is 2. The minimum Gasteiger partial charge on any atom is -0.392 e. The summed E-state index contributed by atoms with van der Waals surface area (Å²) in [4.78, 5) is 0. The van der Waals surface area contributed by atoms with E-state index in [1.54, 1.807) is 16.4 Å². The molecule has 0 saturated carbocycles. The molecule has 0 bridgehead atoms. The number of aliphatic hydroxyl groups is 1. The molecule has 4 aromatic rings. The van der Waals surface area contributed by atoms with Gasteiger partial charge >= 0.3 is 0 Å². The largest absolute Gasteiger partial charge is 0.392 e. The van der Waals surface area contributed by atoms with Gasteiger partial charge in [-0.2, -0.15) is 0 Å². The molecule has 1 aliphatic rings. The summed E-state index contributed by atoms with van der Waals surface area (Å²) in [6.45, 7) is 0.531. The fraction of sp³-hybridized carbons (Fsp3) is 0.296. The summed E-state index contributed by atoms with van der Waals surface area (Å²) < 4.78 is 14.5. The van der Waals surface area contributed by atoms with E-state index < -0.39 is 6.29 Å². The Labute approximate surface area is 214 Å². The van der Waals surface area contributed by atoms with Gasteiger partial charge in [0.2, 0.25) is 5.16 Å². The summed E-state index contributed by atoms with van der Waals surface area (Å²) in [6.07, 6.45) is 0.000408. The highest BCUT2D eigenvalue weighted by Gasteiger charge is 2.32. The summed E-state index contributed by atoms with van der Waals surface area (Å²) in [5.74, 6) is 0.698. The number of thioether (sulfide) groups is 1. The summed E-state index contributed by atoms with van der Waals surface area (Å²) in [7, 11) is 1.83. The number of nitrogens with two attached hydrogens (primary N) is 1. The van der Waals surface area contributed by atoms with Gasteiger partial charge in [-0.1, -0.05) is 78.5 Å². The highest BCUT2D eigenvalue weighted by atomic mass is 32.2. The van der Waals surface area contributed by atoms with Crippen molar-refractivity contribution < 1.29 is 14.6 Å². The molecule has 3 aromatic carbocycles. The lowest BCUT2D eigenvalue weighted by molar-refractivity contribution is -0.245. The number of ether oxygens (including phenoxy) is 2. The first kappa shape index (κ1) is 24.6. The van der Waals surface area contributed by atoms with Crippen LogP contribution in [0, 0.1) is 0 Å². The van der Waals surface area contributed by atoms with Gasteiger partial charge in [-0.25, -0.2) is 4.68 Å². The zero-order valence-corrected chi connectivity index (χ0v) is 20.8. The zero-order chi connectivity index (χ0) is 24.9. The van der Waals surface area contributed by atoms with Crippen LogP contribution in [0.3, 0.4) is 0 Å². The average molecular weight is 504 g/mol. The van der Waals surface area contributed by atoms with Gasteiger partial charge in [0, 0.05) is 31.3 Å². The average Bonchev–Trinajstić information content (AvgIpc) is 3.36. The predicted molar refractivity (Wildman–Crippen MR) is 138 cm³/mol. The van der Waals surface area contributed by atoms with Crippen LogP contribution in [0.2, 0.25) is 0 Å². The normalized spacial score (nSPS) is 19.9. The Morgan fingerprint density at radius 2 is 1.75 bits per heavy atom. The summed E-state index contributed by atoms with van der Waals surface area (Å²) in [5.41, 5.74) is 12.0. The van der Waals surface area contributed by atoms with E-state index in [1.807, 2.05) is 43.4 Å². The Hall–Kier alpha value is -3.08. The van der Waals surface area contributed by atoms with Crippen LogP contribution in [0.15, 0.2) is 78.0 Å². The van der Waals surface area contributed by atoms with E-state index in [1.165, 1.54) is 0 Å². The van der Waals surface area contributed by atoms with E-state index in [2.05, 4.69) is 51.9 Å². The van der Waals surface area contributed by atoms with Gasteiger partial charge in [0.1, 0.15) is 0 Å². The Kier molecular flexibility index (Phi) is 7.74. The molecule has 3 atom stereocenters. The predicted octanol–water partition coefficient (Wildman–Crippen LogP) is 4.17. The molecule has 0 aliphatic carbocycles. The lowest BCUT2D eigenvalue weighted by Gasteiger charge is -2.36. The van der Waals surface area contributed by atoms with Crippen molar-refractivity contribution in [3.05, 3.63) is 95.1 Å². The smallest absolute Gasteiger partial charge is 0.209 e. The Bertz CT molecular complexity index is 1280. The van der Waals surface area contributed by atoms with Gasteiger partial charge in [0.25, 0.3) is 0 Å². The SMILES string of the molecule is Cn1nnnc1SC[C@H]1C[C@@H](c2ccc(CO)cc2)O[C@@H](c2ccc(-c3cccc(CN)c3)cc2)O1. The molecule has 9 heteroatoms. The molecule has 0 unspecified atom stereocenters. The van der Waals surface area contributed by atoms with Crippen LogP contribution >= 0.6 is 11.8 Å². The number of hydrogen-bond acceptors (Lipinski definition) is 8. The number of aliphatic hydroxyl groups excluding tert-OH is 1. The van der Waals surface area contributed by atoms with Crippen LogP contribution in [0.5, 0.6) is 0 Å². The van der Waals surface area contributed by atoms with Crippen molar-refractivity contribution in [2.24, 2.45) is 12.8 Å². The van der Waals surface area contributed by atoms with E-state index in [-0.39, 0.29) is 18.8 Å². The molecule has 1 saturated heterocycles. The molecule has 36 heavy (non-hydrogen) atoms. The lowest BCUT2D eigenvalue weighted by Crippen LogP contribution is -2.31. The first-order valence-electron chi connectivity index (χ1n) is 11.9. The maximum atomic E-state index is 9.41. The molecule has 2 heterocycles. The molecule has 8 nitrogen and oxygen atoms in total. The Morgan fingerprint density at radius 1 is 0.972 bits per heavy atom. The van der Waals surface area contributed by atoms with E-state index >= 15 is 0 Å². The molecule has 1 aliphatic heterocycles. The van der Waals surface area contributed by atoms with Gasteiger partial charge in [-0.3, -0.25) is 0 Å². The van der Waals surface area contributed by atoms with E-state index in [4.69, 9.17) is 15.2 Å². The minimum absolute atomic E-state index is 0.0169. The molecular formula is C27H29N5O3S. The van der Waals surface area contributed by atoms with Crippen molar-refractivity contribution in [1.82, 2.24) is 20.2 Å². The molecule has 186 valence electrons. The molecular weight excluding hydrogens is 474 g/mol. The number of rotatable bonds is 8. The molecule has 5 rings (SSSR count). The van der Waals surface area contributed by atoms with Crippen LogP contribution in [-0.4, -0.2) is 37.2 Å². The fourth-order valence-corrected chi connectivity index (χ4v) is 5.11. The van der Waals surface area contributed by atoms with Crippen LogP contribution in [0.1, 0.15) is 41.1 Å². The fourth-order valence-electron chi connectivity index (χ4n) is 4.24. The van der Waals surface area contributed by atoms with Gasteiger partial charge in [0.15, 0.2) is 6.29 Å². The van der Waals surface area contributed by atoms with Crippen molar-refractivity contribution in [3.8, 4) is 11.1 Å². The summed E-state index contributed by atoms with van der Waals surface area (Å²) in [5, 5.41) is 21.9. The Morgan fingerprint density at radius 3 is 2.44 bits per heavy atom. The van der Waals surface area contributed by atoms with Gasteiger partial charge in [0.05, 0.1) is 18.8 Å². The number of aryl methyl sites for hydroxylation is 1. The topological polar surface area (TPSA) is 108 Å². The second kappa shape index (κ2) is 11.3. The van der Waals surface area contributed by atoms with Crippen molar-refractivity contribution in [1.29, 1.82) is 0 Å². The third kappa shape index (κ3) is 5.66. The second-order valence-electron chi connectivity index (χ2n) is 8.77. The Balaban J connectivity index is 1.36. The van der Waals surface area contributed by atoms with Crippen molar-refractivity contribution >= 4 is 11.8 Å². The van der Waals surface area contributed by atoms with Crippen LogP contribution < -0.4 is 5.73 Å². The zero-order valence-electron chi connectivity index (χ0n) is 20.0. The van der Waals surface area contributed by atoms with E-state index in [9.17, 15) is 5.11 Å². The quantitative estimate of drug-likeness (QED) is 0.345. The molecule has 0 radical (unpaired) electrons. The maximum absolute atomic E-state index is 9.41. The first-order valence-corrected chi connectivity index (χ1v) is 12.9. The molecule has 1 aromatic heterocycles. The van der Waals surface area contributed by atoms with Crippen molar-refractivity contribution in [3.63, 3.8) is 0 Å². The lowest BCUT2D eigenvalue weighted by atomic mass is 9.99. The maximum Gasteiger partial charge on any atom is 0.209 e. The molecule has 3 N–H and O–H groups in total. The van der Waals surface area contributed by atoms with Crippen LogP contribution in [0.25, 0.3) is 11.1 Å². The third-order valence-electron chi connectivity index (χ3n) is 6.27. The first-order chi connectivity index (χ1) is 17.6. The highest BCUT2D eigenvalue weighted by Crippen LogP contribution is 2.39. The van der Waals surface area contributed by atoms with Crippen LogP contribution in [0.4, 0.5) is 0 Å². The highest BCUT2D eigenvalue weighted by molar-refractivity contribution is 7.99. The standard InChI is InChI=1S/C27H29N5O3S/c1-32-27(29-30-31-32)36-17-24-14-25(21-7-5-18(16-33)6-8-21)35-26(34-24)22-11-9-20(10-12-22)23-4-2-3-19(13-23)15-28/h2-13,24-26,33H,14-17,28H2,1H3/t24-,25+,26+/m1/s1. The number of aromatic nitrogens is 4. The summed E-state index contributed by atoms with van der Waals surface area (Å²) >= 11 is 1.57. The monoisotopic (exact) mass is 503 g/mol. The van der Waals surface area contributed by atoms with Crippen LogP contribution in [-0.2, 0) is 29.7 Å². The molecule has 0 amide bonds. The van der Waals surface area contributed by atoms with E-state index in [0.717, 1.165) is 38.5 Å². The summed E-state index contributed by atoms with van der Waals surface area (Å²) in [6, 6.07) is 24.5. The van der Waals surface area contributed by atoms with Gasteiger partial charge in [-0.15, -0.1) is 5.10 Å². The van der Waals surface area contributed by atoms with Gasteiger partial charge < -0.3 is 20.3 Å². The number of tetrazole rings is 1. The number of benzene rings is 3. The number of nitrogens with zero attached hydrogens (tertiary/aromatic N) is 4. The van der Waals surface area contributed by atoms with Crippen molar-refractivity contribution in [2.45, 2.75) is 43.2 Å². The second-order valence-corrected chi connectivity index (χ2v) is 9.76.